The second-order valence-corrected chi connectivity index (χ2v) is 6.59. The average molecular weight is 349 g/mol. The van der Waals surface area contributed by atoms with E-state index in [1.807, 2.05) is 54.6 Å². The van der Waals surface area contributed by atoms with E-state index in [0.29, 0.717) is 0 Å². The van der Waals surface area contributed by atoms with Crippen LogP contribution in [0, 0.1) is 0 Å². The number of benzene rings is 2. The Kier molecular flexibility index (Phi) is 3.97. The highest BCUT2D eigenvalue weighted by Crippen LogP contribution is 2.42. The van der Waals surface area contributed by atoms with Crippen LogP contribution in [-0.4, -0.2) is 28.0 Å². The fourth-order valence-electron chi connectivity index (χ4n) is 3.95. The van der Waals surface area contributed by atoms with Crippen molar-refractivity contribution in [3.63, 3.8) is 0 Å². The van der Waals surface area contributed by atoms with E-state index < -0.39 is 23.8 Å². The van der Waals surface area contributed by atoms with E-state index in [1.165, 1.54) is 0 Å². The molecule has 2 heterocycles. The quantitative estimate of drug-likeness (QED) is 0.579. The smallest absolute Gasteiger partial charge is 0.304 e. The zero-order chi connectivity index (χ0) is 18.3. The molecule has 132 valence electrons. The Balaban J connectivity index is 1.96. The van der Waals surface area contributed by atoms with Crippen molar-refractivity contribution in [1.29, 1.82) is 0 Å². The third-order valence-electron chi connectivity index (χ3n) is 5.02. The third kappa shape index (κ3) is 2.64. The van der Waals surface area contributed by atoms with Crippen molar-refractivity contribution in [1.82, 2.24) is 10.3 Å². The lowest BCUT2D eigenvalue weighted by molar-refractivity contribution is -0.137. The highest BCUT2D eigenvalue weighted by Gasteiger charge is 2.41. The van der Waals surface area contributed by atoms with Gasteiger partial charge in [0.2, 0.25) is 5.91 Å². The Hall–Kier alpha value is -3.12. The van der Waals surface area contributed by atoms with Gasteiger partial charge in [0, 0.05) is 22.5 Å². The minimum absolute atomic E-state index is 0.170. The lowest BCUT2D eigenvalue weighted by atomic mass is 9.79. The molecule has 1 aromatic heterocycles. The van der Waals surface area contributed by atoms with E-state index in [2.05, 4.69) is 10.3 Å². The Morgan fingerprint density at radius 3 is 2.42 bits per heavy atom. The summed E-state index contributed by atoms with van der Waals surface area (Å²) in [5.41, 5.74) is 9.29. The molecule has 5 N–H and O–H groups in total. The first-order valence-electron chi connectivity index (χ1n) is 8.49. The highest BCUT2D eigenvalue weighted by molar-refractivity contribution is 5.90. The number of carboxylic acid groups (broad SMARTS) is 1. The molecular weight excluding hydrogens is 330 g/mol. The maximum Gasteiger partial charge on any atom is 0.304 e. The zero-order valence-electron chi connectivity index (χ0n) is 14.0. The van der Waals surface area contributed by atoms with Crippen molar-refractivity contribution in [3.05, 3.63) is 71.4 Å². The maximum absolute atomic E-state index is 12.1. The summed E-state index contributed by atoms with van der Waals surface area (Å²) in [4.78, 5) is 27.0. The monoisotopic (exact) mass is 349 g/mol. The number of hydrogen-bond donors (Lipinski definition) is 4. The van der Waals surface area contributed by atoms with E-state index in [9.17, 15) is 14.7 Å². The number of carbonyl (C=O) groups is 2. The summed E-state index contributed by atoms with van der Waals surface area (Å²) in [6.45, 7) is 0. The molecule has 0 radical (unpaired) electrons. The van der Waals surface area contributed by atoms with E-state index in [1.54, 1.807) is 0 Å². The summed E-state index contributed by atoms with van der Waals surface area (Å²) in [6, 6.07) is 16.5. The van der Waals surface area contributed by atoms with E-state index in [-0.39, 0.29) is 12.5 Å². The predicted molar refractivity (Wildman–Crippen MR) is 97.7 cm³/mol. The fourth-order valence-corrected chi connectivity index (χ4v) is 3.95. The van der Waals surface area contributed by atoms with Crippen LogP contribution < -0.4 is 11.1 Å². The Morgan fingerprint density at radius 1 is 1.04 bits per heavy atom. The minimum Gasteiger partial charge on any atom is -0.481 e. The first kappa shape index (κ1) is 16.4. The summed E-state index contributed by atoms with van der Waals surface area (Å²) in [6.07, 6.45) is -0.170. The number of H-pyrrole nitrogens is 1. The van der Waals surface area contributed by atoms with Gasteiger partial charge in [-0.25, -0.2) is 0 Å². The number of primary amides is 1. The van der Waals surface area contributed by atoms with Crippen molar-refractivity contribution in [2.75, 3.05) is 0 Å². The molecule has 3 unspecified atom stereocenters. The van der Waals surface area contributed by atoms with Gasteiger partial charge in [-0.2, -0.15) is 0 Å². The van der Waals surface area contributed by atoms with Gasteiger partial charge in [0.15, 0.2) is 0 Å². The molecule has 1 aliphatic heterocycles. The molecule has 0 saturated heterocycles. The molecule has 0 bridgehead atoms. The van der Waals surface area contributed by atoms with E-state index in [4.69, 9.17) is 5.73 Å². The van der Waals surface area contributed by atoms with Crippen LogP contribution in [0.4, 0.5) is 0 Å². The number of hydrogen-bond acceptors (Lipinski definition) is 3. The second-order valence-electron chi connectivity index (χ2n) is 6.59. The van der Waals surface area contributed by atoms with Gasteiger partial charge in [0.25, 0.3) is 0 Å². The summed E-state index contributed by atoms with van der Waals surface area (Å²) >= 11 is 0. The first-order valence-corrected chi connectivity index (χ1v) is 8.49. The molecule has 3 aromatic rings. The van der Waals surface area contributed by atoms with Crippen molar-refractivity contribution >= 4 is 22.8 Å². The van der Waals surface area contributed by atoms with Gasteiger partial charge >= 0.3 is 5.97 Å². The topological polar surface area (TPSA) is 108 Å². The van der Waals surface area contributed by atoms with Crippen molar-refractivity contribution in [2.24, 2.45) is 5.73 Å². The number of fused-ring (bicyclic) bond motifs is 3. The van der Waals surface area contributed by atoms with Crippen LogP contribution in [0.2, 0.25) is 0 Å². The number of para-hydroxylation sites is 1. The molecule has 6 heteroatoms. The molecule has 3 atom stereocenters. The molecular formula is C20H19N3O3. The standard InChI is InChI=1S/C20H19N3O3/c21-20(26)18-13(10-15(24)25)16-12-8-4-5-9-14(12)22-19(16)17(23-18)11-6-2-1-3-7-11/h1-9,13,17-18,22-23H,10H2,(H2,21,26)(H,24,25). The number of nitrogens with one attached hydrogen (secondary N) is 2. The van der Waals surface area contributed by atoms with Crippen LogP contribution >= 0.6 is 0 Å². The van der Waals surface area contributed by atoms with Gasteiger partial charge in [-0.15, -0.1) is 0 Å². The summed E-state index contributed by atoms with van der Waals surface area (Å²) in [5.74, 6) is -2.04. The third-order valence-corrected chi connectivity index (χ3v) is 5.02. The Morgan fingerprint density at radius 2 is 1.73 bits per heavy atom. The van der Waals surface area contributed by atoms with Crippen LogP contribution in [0.25, 0.3) is 10.9 Å². The van der Waals surface area contributed by atoms with Crippen molar-refractivity contribution in [2.45, 2.75) is 24.4 Å². The largest absolute Gasteiger partial charge is 0.481 e. The number of aromatic nitrogens is 1. The zero-order valence-corrected chi connectivity index (χ0v) is 14.0. The molecule has 1 aliphatic rings. The van der Waals surface area contributed by atoms with Gasteiger partial charge in [0.1, 0.15) is 0 Å². The van der Waals surface area contributed by atoms with E-state index in [0.717, 1.165) is 27.7 Å². The van der Waals surface area contributed by atoms with Crippen LogP contribution in [-0.2, 0) is 9.59 Å². The molecule has 6 nitrogen and oxygen atoms in total. The van der Waals surface area contributed by atoms with Crippen LogP contribution in [0.3, 0.4) is 0 Å². The van der Waals surface area contributed by atoms with Gasteiger partial charge in [-0.05, 0) is 17.2 Å². The van der Waals surface area contributed by atoms with E-state index >= 15 is 0 Å². The average Bonchev–Trinajstić information content (AvgIpc) is 3.01. The minimum atomic E-state index is -0.961. The number of aromatic amines is 1. The number of amides is 1. The number of rotatable bonds is 4. The lowest BCUT2D eigenvalue weighted by Gasteiger charge is -2.36. The summed E-state index contributed by atoms with van der Waals surface area (Å²) in [5, 5.41) is 13.6. The fraction of sp³-hybridized carbons (Fsp3) is 0.200. The molecule has 0 spiro atoms. The molecule has 2 aromatic carbocycles. The van der Waals surface area contributed by atoms with Crippen LogP contribution in [0.5, 0.6) is 0 Å². The van der Waals surface area contributed by atoms with Crippen molar-refractivity contribution in [3.8, 4) is 0 Å². The van der Waals surface area contributed by atoms with Gasteiger partial charge in [-0.1, -0.05) is 48.5 Å². The van der Waals surface area contributed by atoms with Crippen molar-refractivity contribution < 1.29 is 14.7 Å². The number of nitrogens with two attached hydrogens (primary N) is 1. The summed E-state index contributed by atoms with van der Waals surface area (Å²) < 4.78 is 0. The normalized spacial score (nSPS) is 22.1. The Bertz CT molecular complexity index is 980. The molecule has 0 fully saturated rings. The Labute approximate surface area is 150 Å². The number of aliphatic carboxylic acids is 1. The van der Waals surface area contributed by atoms with Crippen LogP contribution in [0.1, 0.15) is 35.2 Å². The molecule has 0 saturated carbocycles. The maximum atomic E-state index is 12.1. The first-order chi connectivity index (χ1) is 12.6. The molecule has 4 rings (SSSR count). The van der Waals surface area contributed by atoms with Gasteiger partial charge < -0.3 is 15.8 Å². The SMILES string of the molecule is NC(=O)C1NC(c2ccccc2)c2[nH]c3ccccc3c2C1CC(=O)O. The second kappa shape index (κ2) is 6.31. The molecule has 1 amide bonds. The number of carbonyl (C=O) groups excluding carboxylic acids is 1. The van der Waals surface area contributed by atoms with Gasteiger partial charge in [-0.3, -0.25) is 14.9 Å². The van der Waals surface area contributed by atoms with Gasteiger partial charge in [0.05, 0.1) is 18.5 Å². The molecule has 26 heavy (non-hydrogen) atoms. The molecule has 0 aliphatic carbocycles. The summed E-state index contributed by atoms with van der Waals surface area (Å²) in [7, 11) is 0. The van der Waals surface area contributed by atoms with Crippen LogP contribution in [0.15, 0.2) is 54.6 Å². The lowest BCUT2D eigenvalue weighted by Crippen LogP contribution is -2.51. The highest BCUT2D eigenvalue weighted by atomic mass is 16.4. The predicted octanol–water partition coefficient (Wildman–Crippen LogP) is 2.27. The number of carboxylic acids is 1.